The third-order valence-corrected chi connectivity index (χ3v) is 4.89. The highest BCUT2D eigenvalue weighted by molar-refractivity contribution is 6.33. The molecule has 0 unspecified atom stereocenters. The van der Waals surface area contributed by atoms with E-state index in [0.717, 1.165) is 0 Å². The molecule has 1 aliphatic rings. The SMILES string of the molecule is Cc1occc1C(=O)N1CCN(c2cnn(C(C)(C)C)c(=O)c2Cl)CC1. The number of anilines is 1. The maximum Gasteiger partial charge on any atom is 0.288 e. The van der Waals surface area contributed by atoms with E-state index < -0.39 is 5.54 Å². The van der Waals surface area contributed by atoms with E-state index in [1.807, 2.05) is 25.7 Å². The summed E-state index contributed by atoms with van der Waals surface area (Å²) in [5.41, 5.74) is 0.464. The van der Waals surface area contributed by atoms with Crippen LogP contribution in [0.4, 0.5) is 5.69 Å². The summed E-state index contributed by atoms with van der Waals surface area (Å²) in [5, 5.41) is 4.44. The molecule has 8 heteroatoms. The Kier molecular flexibility index (Phi) is 4.84. The Balaban J connectivity index is 1.75. The zero-order chi connectivity index (χ0) is 19.1. The fourth-order valence-electron chi connectivity index (χ4n) is 3.05. The van der Waals surface area contributed by atoms with Crippen LogP contribution < -0.4 is 10.5 Å². The quantitative estimate of drug-likeness (QED) is 0.803. The number of nitrogens with zero attached hydrogens (tertiary/aromatic N) is 4. The Morgan fingerprint density at radius 1 is 1.23 bits per heavy atom. The lowest BCUT2D eigenvalue weighted by Crippen LogP contribution is -2.49. The van der Waals surface area contributed by atoms with Gasteiger partial charge in [-0.05, 0) is 33.8 Å². The number of hydrogen-bond acceptors (Lipinski definition) is 5. The number of hydrogen-bond donors (Lipinski definition) is 0. The summed E-state index contributed by atoms with van der Waals surface area (Å²) in [4.78, 5) is 28.8. The summed E-state index contributed by atoms with van der Waals surface area (Å²) in [7, 11) is 0. The normalized spacial score (nSPS) is 15.4. The van der Waals surface area contributed by atoms with E-state index >= 15 is 0 Å². The molecule has 2 aromatic heterocycles. The van der Waals surface area contributed by atoms with E-state index in [2.05, 4.69) is 5.10 Å². The first-order valence-corrected chi connectivity index (χ1v) is 8.94. The van der Waals surface area contributed by atoms with Gasteiger partial charge in [0, 0.05) is 26.2 Å². The Morgan fingerprint density at radius 3 is 2.42 bits per heavy atom. The number of piperazine rings is 1. The van der Waals surface area contributed by atoms with Gasteiger partial charge < -0.3 is 14.2 Å². The molecular formula is C18H23ClN4O3. The molecule has 1 aliphatic heterocycles. The smallest absolute Gasteiger partial charge is 0.288 e. The van der Waals surface area contributed by atoms with Crippen molar-refractivity contribution in [1.29, 1.82) is 0 Å². The molecule has 1 fully saturated rings. The van der Waals surface area contributed by atoms with Crippen LogP contribution in [0.3, 0.4) is 0 Å². The fraction of sp³-hybridized carbons (Fsp3) is 0.500. The molecule has 0 saturated carbocycles. The van der Waals surface area contributed by atoms with Crippen molar-refractivity contribution in [2.45, 2.75) is 33.2 Å². The van der Waals surface area contributed by atoms with Gasteiger partial charge >= 0.3 is 0 Å². The van der Waals surface area contributed by atoms with Crippen LogP contribution in [0.2, 0.25) is 5.02 Å². The molecule has 7 nitrogen and oxygen atoms in total. The van der Waals surface area contributed by atoms with Crippen LogP contribution in [-0.4, -0.2) is 46.8 Å². The summed E-state index contributed by atoms with van der Waals surface area (Å²) >= 11 is 6.33. The lowest BCUT2D eigenvalue weighted by molar-refractivity contribution is 0.0745. The van der Waals surface area contributed by atoms with Crippen molar-refractivity contribution in [1.82, 2.24) is 14.7 Å². The molecule has 3 heterocycles. The average Bonchev–Trinajstić information content (AvgIpc) is 3.02. The third-order valence-electron chi connectivity index (χ3n) is 4.53. The number of carbonyl (C=O) groups is 1. The molecule has 0 bridgehead atoms. The lowest BCUT2D eigenvalue weighted by atomic mass is 10.1. The zero-order valence-electron chi connectivity index (χ0n) is 15.5. The summed E-state index contributed by atoms with van der Waals surface area (Å²) in [6, 6.07) is 1.69. The van der Waals surface area contributed by atoms with Gasteiger partial charge in [-0.3, -0.25) is 9.59 Å². The van der Waals surface area contributed by atoms with Crippen molar-refractivity contribution in [3.63, 3.8) is 0 Å². The van der Waals surface area contributed by atoms with E-state index in [4.69, 9.17) is 16.0 Å². The minimum atomic E-state index is -0.438. The molecule has 0 spiro atoms. The Bertz CT molecular complexity index is 873. The number of halogens is 1. The van der Waals surface area contributed by atoms with E-state index in [1.54, 1.807) is 24.1 Å². The van der Waals surface area contributed by atoms with Crippen molar-refractivity contribution in [2.75, 3.05) is 31.1 Å². The Labute approximate surface area is 157 Å². The molecule has 0 radical (unpaired) electrons. The Morgan fingerprint density at radius 2 is 1.88 bits per heavy atom. The lowest BCUT2D eigenvalue weighted by Gasteiger charge is -2.36. The molecule has 1 amide bonds. The van der Waals surface area contributed by atoms with Gasteiger partial charge in [-0.1, -0.05) is 11.6 Å². The molecule has 2 aromatic rings. The van der Waals surface area contributed by atoms with E-state index in [1.165, 1.54) is 10.9 Å². The van der Waals surface area contributed by atoms with E-state index in [-0.39, 0.29) is 16.5 Å². The van der Waals surface area contributed by atoms with Gasteiger partial charge in [0.2, 0.25) is 0 Å². The highest BCUT2D eigenvalue weighted by Crippen LogP contribution is 2.24. The number of furan rings is 1. The number of aromatic nitrogens is 2. The van der Waals surface area contributed by atoms with E-state index in [9.17, 15) is 9.59 Å². The molecule has 0 aliphatic carbocycles. The molecular weight excluding hydrogens is 356 g/mol. The van der Waals surface area contributed by atoms with Crippen LogP contribution in [0.25, 0.3) is 0 Å². The van der Waals surface area contributed by atoms with Gasteiger partial charge in [0.1, 0.15) is 10.8 Å². The number of carbonyl (C=O) groups excluding carboxylic acids is 1. The van der Waals surface area contributed by atoms with Crippen LogP contribution in [0, 0.1) is 6.92 Å². The molecule has 3 rings (SSSR count). The molecule has 0 N–H and O–H groups in total. The summed E-state index contributed by atoms with van der Waals surface area (Å²) in [5.74, 6) is 0.582. The predicted molar refractivity (Wildman–Crippen MR) is 100 cm³/mol. The van der Waals surface area contributed by atoms with Crippen LogP contribution in [-0.2, 0) is 5.54 Å². The molecule has 0 aromatic carbocycles. The third kappa shape index (κ3) is 3.35. The van der Waals surface area contributed by atoms with Gasteiger partial charge in [-0.2, -0.15) is 5.10 Å². The number of amides is 1. The van der Waals surface area contributed by atoms with Crippen molar-refractivity contribution in [3.05, 3.63) is 45.2 Å². The second-order valence-electron chi connectivity index (χ2n) is 7.40. The van der Waals surface area contributed by atoms with Crippen LogP contribution in [0.15, 0.2) is 27.7 Å². The van der Waals surface area contributed by atoms with Crippen LogP contribution in [0.5, 0.6) is 0 Å². The fourth-order valence-corrected chi connectivity index (χ4v) is 3.30. The second kappa shape index (κ2) is 6.79. The van der Waals surface area contributed by atoms with Gasteiger partial charge in [-0.15, -0.1) is 0 Å². The van der Waals surface area contributed by atoms with Crippen molar-refractivity contribution in [3.8, 4) is 0 Å². The zero-order valence-corrected chi connectivity index (χ0v) is 16.2. The summed E-state index contributed by atoms with van der Waals surface area (Å²) in [6.45, 7) is 9.74. The average molecular weight is 379 g/mol. The maximum absolute atomic E-state index is 12.6. The highest BCUT2D eigenvalue weighted by Gasteiger charge is 2.27. The highest BCUT2D eigenvalue weighted by atomic mass is 35.5. The maximum atomic E-state index is 12.6. The second-order valence-corrected chi connectivity index (χ2v) is 7.78. The first-order chi connectivity index (χ1) is 12.2. The summed E-state index contributed by atoms with van der Waals surface area (Å²) < 4.78 is 6.60. The molecule has 1 saturated heterocycles. The number of rotatable bonds is 2. The van der Waals surface area contributed by atoms with E-state index in [0.29, 0.717) is 43.2 Å². The molecule has 26 heavy (non-hydrogen) atoms. The first kappa shape index (κ1) is 18.5. The standard InChI is InChI=1S/C18H23ClN4O3/c1-12-13(5-10-26-12)16(24)22-8-6-21(7-9-22)14-11-20-23(18(2,3)4)17(25)15(14)19/h5,10-11H,6-9H2,1-4H3. The predicted octanol–water partition coefficient (Wildman–Crippen LogP) is 2.52. The molecule has 140 valence electrons. The van der Waals surface area contributed by atoms with Crippen LogP contribution >= 0.6 is 11.6 Å². The van der Waals surface area contributed by atoms with Crippen molar-refractivity contribution in [2.24, 2.45) is 0 Å². The van der Waals surface area contributed by atoms with Gasteiger partial charge in [-0.25, -0.2) is 4.68 Å². The summed E-state index contributed by atoms with van der Waals surface area (Å²) in [6.07, 6.45) is 3.15. The van der Waals surface area contributed by atoms with Crippen molar-refractivity contribution < 1.29 is 9.21 Å². The first-order valence-electron chi connectivity index (χ1n) is 8.57. The Hall–Kier alpha value is -2.28. The van der Waals surface area contributed by atoms with Gasteiger partial charge in [0.15, 0.2) is 0 Å². The van der Waals surface area contributed by atoms with Gasteiger partial charge in [0.05, 0.1) is 29.2 Å². The topological polar surface area (TPSA) is 71.6 Å². The monoisotopic (exact) mass is 378 g/mol. The minimum Gasteiger partial charge on any atom is -0.469 e. The van der Waals surface area contributed by atoms with Crippen LogP contribution in [0.1, 0.15) is 36.9 Å². The minimum absolute atomic E-state index is 0.0386. The molecule has 0 atom stereocenters. The van der Waals surface area contributed by atoms with Crippen molar-refractivity contribution >= 4 is 23.2 Å². The number of aryl methyl sites for hydroxylation is 1. The largest absolute Gasteiger partial charge is 0.469 e. The van der Waals surface area contributed by atoms with Gasteiger partial charge in [0.25, 0.3) is 11.5 Å².